The number of hydrogen-bond donors (Lipinski definition) is 1. The predicted molar refractivity (Wildman–Crippen MR) is 34.3 cm³/mol. The van der Waals surface area contributed by atoms with Gasteiger partial charge in [0.05, 0.1) is 0 Å². The zero-order valence-corrected chi connectivity index (χ0v) is 5.60. The van der Waals surface area contributed by atoms with Crippen molar-refractivity contribution in [3.63, 3.8) is 0 Å². The van der Waals surface area contributed by atoms with Crippen molar-refractivity contribution >= 4 is 12.2 Å². The molecular formula is C6H10FNO2. The molecule has 0 radical (unpaired) electrons. The van der Waals surface area contributed by atoms with Gasteiger partial charge in [-0.2, -0.15) is 0 Å². The average molecular weight is 147 g/mol. The number of carbonyl (C=O) groups excluding carboxylic acids is 2. The van der Waals surface area contributed by atoms with E-state index in [0.717, 1.165) is 0 Å². The largest absolute Gasteiger partial charge is 0.353 e. The lowest BCUT2D eigenvalue weighted by atomic mass is 10.3. The second-order valence-corrected chi connectivity index (χ2v) is 1.74. The van der Waals surface area contributed by atoms with Gasteiger partial charge in [0.25, 0.3) is 0 Å². The maximum Gasteiger partial charge on any atom is 0.220 e. The quantitative estimate of drug-likeness (QED) is 0.558. The van der Waals surface area contributed by atoms with Crippen LogP contribution in [0.1, 0.15) is 12.8 Å². The van der Waals surface area contributed by atoms with E-state index in [1.165, 1.54) is 0 Å². The van der Waals surface area contributed by atoms with Crippen LogP contribution in [-0.4, -0.2) is 25.4 Å². The normalized spacial score (nSPS) is 8.90. The molecule has 0 aromatic heterocycles. The first-order valence-corrected chi connectivity index (χ1v) is 3.07. The molecule has 0 aliphatic rings. The van der Waals surface area contributed by atoms with Crippen LogP contribution in [0.15, 0.2) is 0 Å². The highest BCUT2D eigenvalue weighted by molar-refractivity contribution is 5.77. The first-order valence-electron chi connectivity index (χ1n) is 3.07. The van der Waals surface area contributed by atoms with Crippen LogP contribution in [0, 0.1) is 0 Å². The summed E-state index contributed by atoms with van der Waals surface area (Å²) in [6, 6.07) is 0. The molecule has 4 heteroatoms. The summed E-state index contributed by atoms with van der Waals surface area (Å²) >= 11 is 0. The fourth-order valence-electron chi connectivity index (χ4n) is 0.465. The van der Waals surface area contributed by atoms with Crippen molar-refractivity contribution in [3.05, 3.63) is 0 Å². The van der Waals surface area contributed by atoms with E-state index in [1.54, 1.807) is 0 Å². The Morgan fingerprint density at radius 1 is 1.60 bits per heavy atom. The molecule has 0 atom stereocenters. The molecule has 0 aromatic carbocycles. The molecule has 1 amide bonds. The van der Waals surface area contributed by atoms with Crippen molar-refractivity contribution in [3.8, 4) is 0 Å². The molecule has 0 aliphatic heterocycles. The Balaban J connectivity index is 3.16. The molecule has 0 unspecified atom stereocenters. The van der Waals surface area contributed by atoms with E-state index in [1.807, 2.05) is 0 Å². The van der Waals surface area contributed by atoms with Crippen molar-refractivity contribution in [2.24, 2.45) is 0 Å². The van der Waals surface area contributed by atoms with E-state index in [9.17, 15) is 14.0 Å². The SMILES string of the molecule is O=CCCC(=O)NCCF. The van der Waals surface area contributed by atoms with Crippen molar-refractivity contribution < 1.29 is 14.0 Å². The molecular weight excluding hydrogens is 137 g/mol. The van der Waals surface area contributed by atoms with E-state index in [2.05, 4.69) is 5.32 Å². The zero-order chi connectivity index (χ0) is 7.82. The van der Waals surface area contributed by atoms with E-state index >= 15 is 0 Å². The number of amides is 1. The van der Waals surface area contributed by atoms with Gasteiger partial charge in [-0.3, -0.25) is 4.79 Å². The molecule has 0 fully saturated rings. The van der Waals surface area contributed by atoms with Gasteiger partial charge in [0, 0.05) is 19.4 Å². The van der Waals surface area contributed by atoms with E-state index in [-0.39, 0.29) is 25.3 Å². The van der Waals surface area contributed by atoms with Crippen LogP contribution in [0.4, 0.5) is 4.39 Å². The molecule has 0 aliphatic carbocycles. The molecule has 0 bridgehead atoms. The Morgan fingerprint density at radius 2 is 2.30 bits per heavy atom. The lowest BCUT2D eigenvalue weighted by Crippen LogP contribution is -2.25. The van der Waals surface area contributed by atoms with Crippen LogP contribution in [0.2, 0.25) is 0 Å². The number of rotatable bonds is 5. The van der Waals surface area contributed by atoms with Crippen molar-refractivity contribution in [2.75, 3.05) is 13.2 Å². The molecule has 0 heterocycles. The van der Waals surface area contributed by atoms with Crippen LogP contribution >= 0.6 is 0 Å². The predicted octanol–water partition coefficient (Wildman–Crippen LogP) is 0.0512. The second kappa shape index (κ2) is 6.19. The van der Waals surface area contributed by atoms with Crippen molar-refractivity contribution in [2.45, 2.75) is 12.8 Å². The van der Waals surface area contributed by atoms with Gasteiger partial charge in [0.2, 0.25) is 5.91 Å². The Kier molecular flexibility index (Phi) is 5.62. The Bertz CT molecular complexity index is 116. The smallest absolute Gasteiger partial charge is 0.220 e. The number of halogens is 1. The fraction of sp³-hybridized carbons (Fsp3) is 0.667. The summed E-state index contributed by atoms with van der Waals surface area (Å²) < 4.78 is 11.4. The van der Waals surface area contributed by atoms with Crippen LogP contribution in [-0.2, 0) is 9.59 Å². The highest BCUT2D eigenvalue weighted by Crippen LogP contribution is 1.82. The summed E-state index contributed by atoms with van der Waals surface area (Å²) in [5.74, 6) is -0.273. The first-order chi connectivity index (χ1) is 4.81. The molecule has 0 spiro atoms. The Morgan fingerprint density at radius 3 is 2.80 bits per heavy atom. The van der Waals surface area contributed by atoms with Gasteiger partial charge < -0.3 is 10.1 Å². The summed E-state index contributed by atoms with van der Waals surface area (Å²) in [4.78, 5) is 20.3. The third kappa shape index (κ3) is 5.21. The zero-order valence-electron chi connectivity index (χ0n) is 5.60. The molecule has 3 nitrogen and oxygen atoms in total. The third-order valence-electron chi connectivity index (χ3n) is 0.906. The topological polar surface area (TPSA) is 46.2 Å². The number of carbonyl (C=O) groups is 2. The van der Waals surface area contributed by atoms with Crippen LogP contribution in [0.3, 0.4) is 0 Å². The molecule has 0 saturated heterocycles. The summed E-state index contributed by atoms with van der Waals surface area (Å²) in [7, 11) is 0. The molecule has 0 rings (SSSR count). The Labute approximate surface area is 58.6 Å². The van der Waals surface area contributed by atoms with E-state index < -0.39 is 6.67 Å². The molecule has 58 valence electrons. The van der Waals surface area contributed by atoms with Crippen LogP contribution in [0.5, 0.6) is 0 Å². The maximum atomic E-state index is 11.4. The van der Waals surface area contributed by atoms with Crippen molar-refractivity contribution in [1.82, 2.24) is 5.32 Å². The third-order valence-corrected chi connectivity index (χ3v) is 0.906. The van der Waals surface area contributed by atoms with E-state index in [4.69, 9.17) is 0 Å². The number of alkyl halides is 1. The average Bonchev–Trinajstić information content (AvgIpc) is 1.97. The lowest BCUT2D eigenvalue weighted by molar-refractivity contribution is -0.122. The summed E-state index contributed by atoms with van der Waals surface area (Å²) in [5.41, 5.74) is 0. The lowest BCUT2D eigenvalue weighted by Gasteiger charge is -1.97. The molecule has 0 aromatic rings. The molecule has 0 saturated carbocycles. The maximum absolute atomic E-state index is 11.4. The summed E-state index contributed by atoms with van der Waals surface area (Å²) in [6.07, 6.45) is 1.02. The number of aldehydes is 1. The van der Waals surface area contributed by atoms with Gasteiger partial charge in [-0.1, -0.05) is 0 Å². The van der Waals surface area contributed by atoms with Crippen molar-refractivity contribution in [1.29, 1.82) is 0 Å². The number of nitrogens with one attached hydrogen (secondary N) is 1. The summed E-state index contributed by atoms with van der Waals surface area (Å²) in [5, 5.41) is 2.29. The van der Waals surface area contributed by atoms with Gasteiger partial charge in [0.1, 0.15) is 13.0 Å². The van der Waals surface area contributed by atoms with E-state index in [0.29, 0.717) is 6.29 Å². The minimum absolute atomic E-state index is 0.0394. The van der Waals surface area contributed by atoms with Crippen LogP contribution in [0.25, 0.3) is 0 Å². The second-order valence-electron chi connectivity index (χ2n) is 1.74. The van der Waals surface area contributed by atoms with Gasteiger partial charge in [0.15, 0.2) is 0 Å². The standard InChI is InChI=1S/C6H10FNO2/c7-3-4-8-6(10)2-1-5-9/h5H,1-4H2,(H,8,10). The highest BCUT2D eigenvalue weighted by atomic mass is 19.1. The van der Waals surface area contributed by atoms with Crippen LogP contribution < -0.4 is 5.32 Å². The van der Waals surface area contributed by atoms with Gasteiger partial charge in [-0.25, -0.2) is 4.39 Å². The number of hydrogen-bond acceptors (Lipinski definition) is 2. The van der Waals surface area contributed by atoms with Gasteiger partial charge >= 0.3 is 0 Å². The minimum Gasteiger partial charge on any atom is -0.353 e. The summed E-state index contributed by atoms with van der Waals surface area (Å²) in [6.45, 7) is -0.523. The highest BCUT2D eigenvalue weighted by Gasteiger charge is 1.97. The molecule has 1 N–H and O–H groups in total. The fourth-order valence-corrected chi connectivity index (χ4v) is 0.465. The minimum atomic E-state index is -0.563. The monoisotopic (exact) mass is 147 g/mol. The van der Waals surface area contributed by atoms with Gasteiger partial charge in [-0.05, 0) is 0 Å². The van der Waals surface area contributed by atoms with Gasteiger partial charge in [-0.15, -0.1) is 0 Å². The molecule has 10 heavy (non-hydrogen) atoms. The first kappa shape index (κ1) is 9.07. The Hall–Kier alpha value is -0.930.